The number of rotatable bonds is 2. The van der Waals surface area contributed by atoms with Crippen molar-refractivity contribution in [2.45, 2.75) is 12.5 Å². The first-order valence-corrected chi connectivity index (χ1v) is 6.74. The quantitative estimate of drug-likeness (QED) is 0.846. The van der Waals surface area contributed by atoms with Crippen LogP contribution in [-0.4, -0.2) is 32.2 Å². The van der Waals surface area contributed by atoms with Crippen molar-refractivity contribution in [1.29, 1.82) is 0 Å². The van der Waals surface area contributed by atoms with Gasteiger partial charge in [0, 0.05) is 23.6 Å². The molecular formula is C13H17BrN2O2. The predicted molar refractivity (Wildman–Crippen MR) is 74.5 cm³/mol. The fraction of sp³-hybridized carbons (Fsp3) is 0.462. The van der Waals surface area contributed by atoms with Crippen molar-refractivity contribution in [1.82, 2.24) is 0 Å². The molecule has 1 fully saturated rings. The first-order chi connectivity index (χ1) is 8.61. The summed E-state index contributed by atoms with van der Waals surface area (Å²) in [6, 6.07) is 7.96. The zero-order valence-corrected chi connectivity index (χ0v) is 11.9. The number of benzene rings is 1. The van der Waals surface area contributed by atoms with Crippen LogP contribution in [-0.2, 0) is 9.53 Å². The normalized spacial score (nSPS) is 23.8. The minimum absolute atomic E-state index is 0.00467. The summed E-state index contributed by atoms with van der Waals surface area (Å²) in [6.07, 6.45) is 0.688. The largest absolute Gasteiger partial charge is 0.469 e. The summed E-state index contributed by atoms with van der Waals surface area (Å²) in [5, 5.41) is 0. The van der Waals surface area contributed by atoms with Crippen LogP contribution in [0.15, 0.2) is 28.7 Å². The van der Waals surface area contributed by atoms with Crippen LogP contribution in [0.25, 0.3) is 0 Å². The van der Waals surface area contributed by atoms with E-state index in [0.29, 0.717) is 13.0 Å². The Morgan fingerprint density at radius 1 is 1.44 bits per heavy atom. The van der Waals surface area contributed by atoms with E-state index in [2.05, 4.69) is 20.8 Å². The Morgan fingerprint density at radius 3 is 2.83 bits per heavy atom. The van der Waals surface area contributed by atoms with E-state index in [0.717, 1.165) is 16.7 Å². The lowest BCUT2D eigenvalue weighted by atomic mass is 9.94. The highest BCUT2D eigenvalue weighted by molar-refractivity contribution is 9.10. The van der Waals surface area contributed by atoms with Crippen molar-refractivity contribution in [2.75, 3.05) is 25.1 Å². The van der Waals surface area contributed by atoms with Crippen LogP contribution in [0.4, 0.5) is 5.69 Å². The first-order valence-electron chi connectivity index (χ1n) is 5.94. The Balaban J connectivity index is 2.19. The molecule has 5 heteroatoms. The van der Waals surface area contributed by atoms with E-state index >= 15 is 0 Å². The molecule has 2 rings (SSSR count). The van der Waals surface area contributed by atoms with E-state index in [-0.39, 0.29) is 17.9 Å². The van der Waals surface area contributed by atoms with Gasteiger partial charge in [0.15, 0.2) is 0 Å². The third kappa shape index (κ3) is 2.84. The lowest BCUT2D eigenvalue weighted by Crippen LogP contribution is -2.49. The number of hydrogen-bond donors (Lipinski definition) is 1. The van der Waals surface area contributed by atoms with Crippen LogP contribution in [0.1, 0.15) is 6.42 Å². The molecule has 0 bridgehead atoms. The highest BCUT2D eigenvalue weighted by atomic mass is 79.9. The molecule has 0 amide bonds. The summed E-state index contributed by atoms with van der Waals surface area (Å²) < 4.78 is 5.84. The average Bonchev–Trinajstić information content (AvgIpc) is 2.37. The second kappa shape index (κ2) is 5.71. The van der Waals surface area contributed by atoms with Crippen molar-refractivity contribution in [3.63, 3.8) is 0 Å². The average molecular weight is 313 g/mol. The van der Waals surface area contributed by atoms with Gasteiger partial charge in [-0.05, 0) is 34.5 Å². The monoisotopic (exact) mass is 312 g/mol. The molecule has 2 N–H and O–H groups in total. The molecule has 2 atom stereocenters. The van der Waals surface area contributed by atoms with Crippen molar-refractivity contribution >= 4 is 27.6 Å². The highest BCUT2D eigenvalue weighted by Gasteiger charge is 2.31. The second-order valence-corrected chi connectivity index (χ2v) is 5.43. The van der Waals surface area contributed by atoms with E-state index in [1.54, 1.807) is 0 Å². The number of hydrogen-bond acceptors (Lipinski definition) is 4. The number of carbonyl (C=O) groups is 1. The van der Waals surface area contributed by atoms with Gasteiger partial charge in [0.25, 0.3) is 0 Å². The number of methoxy groups -OCH3 is 1. The topological polar surface area (TPSA) is 55.6 Å². The highest BCUT2D eigenvalue weighted by Crippen LogP contribution is 2.29. The molecule has 1 aromatic rings. The molecule has 1 aromatic carbocycles. The summed E-state index contributed by atoms with van der Waals surface area (Å²) in [4.78, 5) is 13.8. The van der Waals surface area contributed by atoms with Gasteiger partial charge in [0.05, 0.1) is 18.7 Å². The first kappa shape index (κ1) is 13.4. The van der Waals surface area contributed by atoms with E-state index in [9.17, 15) is 4.79 Å². The van der Waals surface area contributed by atoms with Crippen LogP contribution in [0.2, 0.25) is 0 Å². The van der Waals surface area contributed by atoms with Gasteiger partial charge in [-0.2, -0.15) is 0 Å². The molecule has 0 aliphatic carbocycles. The maximum atomic E-state index is 11.7. The number of anilines is 1. The van der Waals surface area contributed by atoms with Gasteiger partial charge in [-0.3, -0.25) is 4.79 Å². The van der Waals surface area contributed by atoms with Gasteiger partial charge < -0.3 is 15.4 Å². The summed E-state index contributed by atoms with van der Waals surface area (Å²) >= 11 is 3.53. The second-order valence-electron chi connectivity index (χ2n) is 4.57. The van der Waals surface area contributed by atoms with Crippen LogP contribution in [0, 0.1) is 5.92 Å². The Hall–Kier alpha value is -1.07. The molecule has 4 nitrogen and oxygen atoms in total. The standard InChI is InChI=1S/C13H17BrN2O2/c1-18-13(17)9-6-10(15)8-16(7-9)12-5-3-2-4-11(12)14/h2-5,9-10H,6-8,15H2,1H3. The molecule has 1 aliphatic rings. The fourth-order valence-electron chi connectivity index (χ4n) is 2.38. The van der Waals surface area contributed by atoms with Crippen molar-refractivity contribution in [2.24, 2.45) is 11.7 Å². The van der Waals surface area contributed by atoms with Gasteiger partial charge in [-0.1, -0.05) is 12.1 Å². The number of halogens is 1. The number of carbonyl (C=O) groups excluding carboxylic acids is 1. The summed E-state index contributed by atoms with van der Waals surface area (Å²) in [5.74, 6) is -0.326. The smallest absolute Gasteiger partial charge is 0.310 e. The molecule has 18 heavy (non-hydrogen) atoms. The van der Waals surface area contributed by atoms with Gasteiger partial charge >= 0.3 is 5.97 Å². The minimum Gasteiger partial charge on any atom is -0.469 e. The maximum absolute atomic E-state index is 11.7. The molecule has 1 aliphatic heterocycles. The van der Waals surface area contributed by atoms with Crippen molar-refractivity contribution < 1.29 is 9.53 Å². The number of para-hydroxylation sites is 1. The van der Waals surface area contributed by atoms with Crippen LogP contribution in [0.5, 0.6) is 0 Å². The number of piperidine rings is 1. The van der Waals surface area contributed by atoms with Crippen LogP contribution in [0.3, 0.4) is 0 Å². The number of nitrogens with zero attached hydrogens (tertiary/aromatic N) is 1. The summed E-state index contributed by atoms with van der Waals surface area (Å²) in [7, 11) is 1.42. The lowest BCUT2D eigenvalue weighted by molar-refractivity contribution is -0.145. The molecule has 2 unspecified atom stereocenters. The number of esters is 1. The van der Waals surface area contributed by atoms with Crippen LogP contribution >= 0.6 is 15.9 Å². The van der Waals surface area contributed by atoms with E-state index in [4.69, 9.17) is 10.5 Å². The van der Waals surface area contributed by atoms with Crippen molar-refractivity contribution in [3.05, 3.63) is 28.7 Å². The van der Waals surface area contributed by atoms with Gasteiger partial charge in [-0.15, -0.1) is 0 Å². The van der Waals surface area contributed by atoms with Crippen LogP contribution < -0.4 is 10.6 Å². The van der Waals surface area contributed by atoms with Gasteiger partial charge in [-0.25, -0.2) is 0 Å². The fourth-order valence-corrected chi connectivity index (χ4v) is 2.92. The summed E-state index contributed by atoms with van der Waals surface area (Å²) in [6.45, 7) is 1.42. The Bertz CT molecular complexity index is 439. The SMILES string of the molecule is COC(=O)C1CC(N)CN(c2ccccc2Br)C1. The molecule has 0 saturated carbocycles. The minimum atomic E-state index is -0.179. The molecule has 0 aromatic heterocycles. The van der Waals surface area contributed by atoms with E-state index in [1.165, 1.54) is 7.11 Å². The predicted octanol–water partition coefficient (Wildman–Crippen LogP) is 1.78. The van der Waals surface area contributed by atoms with E-state index in [1.807, 2.05) is 24.3 Å². The van der Waals surface area contributed by atoms with Gasteiger partial charge in [0.1, 0.15) is 0 Å². The number of ether oxygens (including phenoxy) is 1. The molecule has 0 radical (unpaired) electrons. The molecule has 1 heterocycles. The Labute approximate surface area is 115 Å². The lowest BCUT2D eigenvalue weighted by Gasteiger charge is -2.37. The summed E-state index contributed by atoms with van der Waals surface area (Å²) in [5.41, 5.74) is 7.10. The maximum Gasteiger partial charge on any atom is 0.310 e. The Morgan fingerprint density at radius 2 is 2.17 bits per heavy atom. The number of nitrogens with two attached hydrogens (primary N) is 1. The third-order valence-electron chi connectivity index (χ3n) is 3.21. The van der Waals surface area contributed by atoms with E-state index < -0.39 is 0 Å². The molecular weight excluding hydrogens is 296 g/mol. The molecule has 98 valence electrons. The molecule has 0 spiro atoms. The molecule has 1 saturated heterocycles. The zero-order valence-electron chi connectivity index (χ0n) is 10.3. The zero-order chi connectivity index (χ0) is 13.1. The Kier molecular flexibility index (Phi) is 4.24. The van der Waals surface area contributed by atoms with Gasteiger partial charge in [0.2, 0.25) is 0 Å². The third-order valence-corrected chi connectivity index (χ3v) is 3.88. The van der Waals surface area contributed by atoms with Crippen molar-refractivity contribution in [3.8, 4) is 0 Å².